The second kappa shape index (κ2) is 59.4. The van der Waals surface area contributed by atoms with E-state index in [4.69, 9.17) is 61.1 Å². The first-order chi connectivity index (χ1) is 68.1. The number of aromatic carboxylic acids is 1. The highest BCUT2D eigenvalue weighted by Gasteiger charge is 2.39. The van der Waals surface area contributed by atoms with Crippen LogP contribution in [0.2, 0.25) is 5.15 Å². The van der Waals surface area contributed by atoms with Crippen LogP contribution >= 0.6 is 23.2 Å². The van der Waals surface area contributed by atoms with Gasteiger partial charge in [0.25, 0.3) is 0 Å². The molecule has 0 radical (unpaired) electrons. The number of phenols is 1. The number of nitrogens with one attached hydrogen (secondary N) is 3. The molecule has 780 valence electrons. The highest BCUT2D eigenvalue weighted by Crippen LogP contribution is 2.42. The molecule has 6 heterocycles. The molecule has 5 aromatic carbocycles. The summed E-state index contributed by atoms with van der Waals surface area (Å²) in [7, 11) is 11.5. The molecule has 48 heteroatoms. The molecule has 0 unspecified atom stereocenters. The van der Waals surface area contributed by atoms with E-state index in [0.29, 0.717) is 97.5 Å². The minimum absolute atomic E-state index is 0. The van der Waals surface area contributed by atoms with E-state index in [1.165, 1.54) is 173 Å². The van der Waals surface area contributed by atoms with Crippen LogP contribution in [0.25, 0.3) is 0 Å². The number of alkyl halides is 9. The summed E-state index contributed by atoms with van der Waals surface area (Å²) < 4.78 is 170. The fourth-order valence-corrected chi connectivity index (χ4v) is 14.3. The Balaban J connectivity index is 0.000000271. The second-order valence-electron chi connectivity index (χ2n) is 32.0. The largest absolute Gasteiger partial charge is 1.00 e. The molecule has 0 spiro atoms. The number of quaternary nitrogens is 1. The first kappa shape index (κ1) is 119. The molecule has 1 amide bonds. The Labute approximate surface area is 839 Å². The van der Waals surface area contributed by atoms with Crippen molar-refractivity contribution in [1.29, 1.82) is 0 Å². The summed E-state index contributed by atoms with van der Waals surface area (Å²) in [4.78, 5) is 98.8. The Morgan fingerprint density at radius 2 is 0.792 bits per heavy atom. The third-order valence-corrected chi connectivity index (χ3v) is 21.9. The number of nitrogens with zero attached hydrogens (tertiary/aromatic N) is 13. The highest BCUT2D eigenvalue weighted by atomic mass is 35.5. The molecule has 0 bridgehead atoms. The van der Waals surface area contributed by atoms with E-state index < -0.39 is 70.0 Å². The molecule has 8 N–H and O–H groups in total. The van der Waals surface area contributed by atoms with Crippen molar-refractivity contribution in [3.05, 3.63) is 242 Å². The van der Waals surface area contributed by atoms with Crippen LogP contribution in [0.4, 0.5) is 68.0 Å². The lowest BCUT2D eigenvalue weighted by Crippen LogP contribution is -3.00. The van der Waals surface area contributed by atoms with E-state index >= 15 is 0 Å². The van der Waals surface area contributed by atoms with E-state index in [-0.39, 0.29) is 125 Å². The summed E-state index contributed by atoms with van der Waals surface area (Å²) in [6.07, 6.45) is 5.75. The van der Waals surface area contributed by atoms with E-state index in [9.17, 15) is 83.3 Å². The molecule has 2 aliphatic rings. The fraction of sp³-hybridized carbons (Fsp3) is 0.396. The number of hydrogen-bond donors (Lipinski definition) is 6. The number of amides is 1. The molecular formula is C96H113Cl3F9N17O19. The number of pyridine rings is 3. The number of aromatic hydroxyl groups is 1. The van der Waals surface area contributed by atoms with E-state index in [2.05, 4.69) is 90.5 Å². The lowest BCUT2D eigenvalue weighted by atomic mass is 9.82. The summed E-state index contributed by atoms with van der Waals surface area (Å²) in [5.41, 5.74) is 7.23. The number of carboxylic acids is 1. The Morgan fingerprint density at radius 1 is 0.444 bits per heavy atom. The number of carbonyl (C=O) groups is 7. The number of carbonyl (C=O) groups excluding carboxylic acids is 6. The van der Waals surface area contributed by atoms with Gasteiger partial charge >= 0.3 is 48.4 Å². The number of ether oxygens (including phenoxy) is 10. The van der Waals surface area contributed by atoms with Gasteiger partial charge in [-0.3, -0.25) is 9.59 Å². The van der Waals surface area contributed by atoms with Gasteiger partial charge in [0.1, 0.15) is 44.8 Å². The number of hydrogen-bond acceptors (Lipinski definition) is 30. The van der Waals surface area contributed by atoms with Crippen LogP contribution in [0.1, 0.15) is 162 Å². The van der Waals surface area contributed by atoms with Gasteiger partial charge in [0.05, 0.1) is 145 Å². The molecule has 0 aliphatic heterocycles. The molecule has 13 rings (SSSR count). The van der Waals surface area contributed by atoms with E-state index in [1.54, 1.807) is 32.4 Å². The first-order valence-electron chi connectivity index (χ1n) is 44.2. The van der Waals surface area contributed by atoms with Gasteiger partial charge in [-0.25, -0.2) is 38.9 Å². The average molecular weight is 2090 g/mol. The number of esters is 4. The van der Waals surface area contributed by atoms with Gasteiger partial charge in [-0.2, -0.15) is 84.5 Å². The lowest BCUT2D eigenvalue weighted by Gasteiger charge is -2.32. The molecular weight excluding hydrogens is 1970 g/mol. The fourth-order valence-electron chi connectivity index (χ4n) is 13.9. The van der Waals surface area contributed by atoms with Crippen LogP contribution < -0.4 is 48.5 Å². The van der Waals surface area contributed by atoms with Crippen molar-refractivity contribution >= 4 is 92.6 Å². The number of anilines is 4. The smallest absolute Gasteiger partial charge is 0.421 e. The number of benzene rings is 5. The van der Waals surface area contributed by atoms with Gasteiger partial charge in [0.15, 0.2) is 0 Å². The van der Waals surface area contributed by atoms with Crippen molar-refractivity contribution < 1.29 is 149 Å². The van der Waals surface area contributed by atoms with Gasteiger partial charge in [0.2, 0.25) is 22.9 Å². The molecule has 2 aliphatic carbocycles. The van der Waals surface area contributed by atoms with Gasteiger partial charge in [-0.15, -0.1) is 0 Å². The molecule has 36 nitrogen and oxygen atoms in total. The van der Waals surface area contributed by atoms with Gasteiger partial charge < -0.3 is 96.6 Å². The zero-order valence-electron chi connectivity index (χ0n) is 80.7. The molecule has 2 fully saturated rings. The van der Waals surface area contributed by atoms with Crippen LogP contribution in [-0.4, -0.2) is 221 Å². The Bertz CT molecular complexity index is 5840. The first-order valence-corrected chi connectivity index (χ1v) is 44.9. The van der Waals surface area contributed by atoms with Crippen molar-refractivity contribution in [3.8, 4) is 29.0 Å². The third-order valence-electron chi connectivity index (χ3n) is 21.3. The topological polar surface area (TPSA) is 450 Å². The van der Waals surface area contributed by atoms with Crippen molar-refractivity contribution in [2.45, 2.75) is 117 Å². The summed E-state index contributed by atoms with van der Waals surface area (Å²) in [6, 6.07) is 26.3. The van der Waals surface area contributed by atoms with E-state index in [1.807, 2.05) is 38.1 Å². The molecule has 0 atom stereocenters. The van der Waals surface area contributed by atoms with Gasteiger partial charge in [0, 0.05) is 108 Å². The number of carboxylic acid groups (broad SMARTS) is 1. The lowest BCUT2D eigenvalue weighted by molar-refractivity contribution is -0.255. The number of aromatic nitrogens is 12. The second-order valence-corrected chi connectivity index (χ2v) is 32.7. The molecule has 11 aromatic rings. The number of rotatable bonds is 33. The number of aryl methyl sites for hydroxylation is 2. The summed E-state index contributed by atoms with van der Waals surface area (Å²) in [5.74, 6) is -3.71. The summed E-state index contributed by atoms with van der Waals surface area (Å²) >= 11 is 10.8. The zero-order chi connectivity index (χ0) is 105. The Morgan fingerprint density at radius 3 is 1.19 bits per heavy atom. The number of phenolic OH excluding ortho intramolecular Hbond substituents is 1. The van der Waals surface area contributed by atoms with Crippen LogP contribution in [0.15, 0.2) is 165 Å². The summed E-state index contributed by atoms with van der Waals surface area (Å²) in [5, 5.41) is 50.8. The maximum atomic E-state index is 13.9. The average Bonchev–Trinajstić information content (AvgIpc) is 0.854. The van der Waals surface area contributed by atoms with Crippen molar-refractivity contribution in [3.63, 3.8) is 0 Å². The molecule has 6 aromatic heterocycles. The standard InChI is InChI=1S/C27H30F3N5O5.C20H20F3N5O4.C12H17NO3.C11H15NO4.C9H6ClF3N4.C9H11NO2.C8H13ClO.ClH/c1-17-3-5-19(6-4-17)25(36)34(11-12-39-2)23-8-7-20(14-21(23)26(37)38)40-24-22(27(28,29)30)13-18(15-31-24)16-35-32-9-10-33-35;1-30-8-7-24-17-4-3-14(10-15(17)19(29)31-2)32-18-16(20(21,22)23)9-13(11-25-18)12-28-26-5-6-27-28;1-9-4-5-11(13-6-7-15-2)10(8-9)12(14)16-3;1-15-6-5-12-10-4-3-8(13)7-9(10)11(14)16-2;10-8-7(9(11,12)13)3-6(4-14-8)5-17-15-1-2-16-17;1-6-3-4-8(10)7(5-6)9(11)12-2;1-6-2-4-7(5-3-6)8(9)10;/h7-10,13-15,17,19H,3-6,11-12,16H2,1-2H3,(H,37,38);3-6,9-11,24H,7-8,12H2,1-2H3;4-5,8,13H,6-7H2,1-3H3;3-4,7,12-13H,5-6H2,1-2H3;1-4H,5H2;3-5H,10H2,1-2H3;6-7H,2-5H2,1H3;1H. The normalized spacial score (nSPS) is 14.1. The Kier molecular flexibility index (Phi) is 49.1. The van der Waals surface area contributed by atoms with Crippen LogP contribution in [0.3, 0.4) is 0 Å². The van der Waals surface area contributed by atoms with Crippen LogP contribution in [-0.2, 0) is 85.6 Å². The monoisotopic (exact) mass is 2080 g/mol. The third kappa shape index (κ3) is 38.5. The van der Waals surface area contributed by atoms with Gasteiger partial charge in [-0.1, -0.05) is 43.1 Å². The number of methoxy groups -OCH3 is 8. The maximum absolute atomic E-state index is 13.9. The minimum atomic E-state index is -4.80. The van der Waals surface area contributed by atoms with Crippen molar-refractivity contribution in [1.82, 2.24) is 59.9 Å². The van der Waals surface area contributed by atoms with Crippen molar-refractivity contribution in [2.24, 2.45) is 23.7 Å². The molecule has 144 heavy (non-hydrogen) atoms. The molecule has 0 saturated heterocycles. The maximum Gasteiger partial charge on any atom is 0.421 e. The number of halogens is 12. The van der Waals surface area contributed by atoms with Crippen LogP contribution in [0, 0.1) is 37.5 Å². The quantitative estimate of drug-likeness (QED) is 0.00423. The predicted molar refractivity (Wildman–Crippen MR) is 507 cm³/mol. The molecule has 2 saturated carbocycles. The van der Waals surface area contributed by atoms with Crippen LogP contribution in [0.5, 0.6) is 29.0 Å². The predicted octanol–water partition coefficient (Wildman–Crippen LogP) is 14.1. The SMILES string of the molecule is CC1CCC(C(=O)Cl)CC1.COC(=O)c1cc(C)ccc1[NH3+].COCCN(C(=O)C1CCC(C)CC1)c1ccc(Oc2ncc(Cn3nccn3)cc2C(F)(F)F)cc1C(=O)O.COCCNc1ccc(C)cc1C(=O)OC.COCCNc1ccc(O)cc1C(=O)OC.COCCNc1ccc(Oc2ncc(Cn3nccn3)cc2C(F)(F)F)cc1C(=O)OC.FC(F)(F)c1cc(Cn2nccn2)cnc1Cl.[Cl-]. The van der Waals surface area contributed by atoms with Gasteiger partial charge in [-0.05, 0) is 202 Å². The minimum Gasteiger partial charge on any atom is -1.00 e. The summed E-state index contributed by atoms with van der Waals surface area (Å²) in [6.45, 7) is 11.8. The zero-order valence-corrected chi connectivity index (χ0v) is 83.0. The van der Waals surface area contributed by atoms with Crippen molar-refractivity contribution in [2.75, 3.05) is 130 Å². The highest BCUT2D eigenvalue weighted by molar-refractivity contribution is 6.64. The van der Waals surface area contributed by atoms with E-state index in [0.717, 1.165) is 72.7 Å². The Hall–Kier alpha value is -13.7.